The van der Waals surface area contributed by atoms with Gasteiger partial charge in [0, 0.05) is 16.0 Å². The van der Waals surface area contributed by atoms with Crippen LogP contribution in [0, 0.1) is 5.41 Å². The van der Waals surface area contributed by atoms with Gasteiger partial charge < -0.3 is 20.2 Å². The lowest BCUT2D eigenvalue weighted by Gasteiger charge is -2.19. The average Bonchev–Trinajstić information content (AvgIpc) is 2.96. The number of carboxylic acid groups (broad SMARTS) is 1. The van der Waals surface area contributed by atoms with Crippen LogP contribution in [-0.2, 0) is 4.79 Å². The molecule has 3 N–H and O–H groups in total. The zero-order valence-electron chi connectivity index (χ0n) is 13.8. The Balaban J connectivity index is 2.28. The number of amides is 1. The van der Waals surface area contributed by atoms with E-state index in [-0.39, 0.29) is 16.8 Å². The fourth-order valence-electron chi connectivity index (χ4n) is 1.88. The van der Waals surface area contributed by atoms with Crippen molar-refractivity contribution < 1.29 is 19.1 Å². The van der Waals surface area contributed by atoms with E-state index in [1.807, 2.05) is 0 Å². The van der Waals surface area contributed by atoms with Gasteiger partial charge in [0.25, 0.3) is 0 Å². The van der Waals surface area contributed by atoms with Crippen molar-refractivity contribution in [2.75, 3.05) is 5.32 Å². The van der Waals surface area contributed by atoms with Crippen LogP contribution in [0.2, 0.25) is 5.02 Å². The maximum Gasteiger partial charge on any atom is 0.371 e. The fraction of sp³-hybridized carbons (Fsp3) is 0.235. The summed E-state index contributed by atoms with van der Waals surface area (Å²) in [4.78, 5) is 23.0. The van der Waals surface area contributed by atoms with E-state index in [9.17, 15) is 9.59 Å². The SMILES string of the molecule is CC(C)(C)C(=O)NC(=S)Nc1cc(Cl)ccc1-c1ccc(C(=O)O)o1. The van der Waals surface area contributed by atoms with Crippen molar-refractivity contribution in [2.24, 2.45) is 5.41 Å². The molecule has 0 aliphatic carbocycles. The van der Waals surface area contributed by atoms with E-state index < -0.39 is 11.4 Å². The number of carboxylic acids is 1. The predicted molar refractivity (Wildman–Crippen MR) is 99.9 cm³/mol. The number of halogens is 1. The molecule has 0 aliphatic rings. The van der Waals surface area contributed by atoms with Gasteiger partial charge >= 0.3 is 5.97 Å². The summed E-state index contributed by atoms with van der Waals surface area (Å²) in [6.07, 6.45) is 0. The largest absolute Gasteiger partial charge is 0.475 e. The molecule has 8 heteroatoms. The maximum atomic E-state index is 12.0. The Kier molecular flexibility index (Phi) is 5.49. The number of nitrogens with one attached hydrogen (secondary N) is 2. The number of carbonyl (C=O) groups is 2. The second-order valence-electron chi connectivity index (χ2n) is 6.32. The van der Waals surface area contributed by atoms with Crippen LogP contribution < -0.4 is 10.6 Å². The van der Waals surface area contributed by atoms with Crippen LogP contribution in [0.4, 0.5) is 5.69 Å². The van der Waals surface area contributed by atoms with Crippen molar-refractivity contribution >= 4 is 46.5 Å². The molecule has 0 aliphatic heterocycles. The van der Waals surface area contributed by atoms with E-state index in [0.29, 0.717) is 22.0 Å². The Morgan fingerprint density at radius 3 is 2.44 bits per heavy atom. The molecule has 0 spiro atoms. The number of benzene rings is 1. The topological polar surface area (TPSA) is 91.6 Å². The van der Waals surface area contributed by atoms with E-state index >= 15 is 0 Å². The van der Waals surface area contributed by atoms with Gasteiger partial charge in [-0.15, -0.1) is 0 Å². The van der Waals surface area contributed by atoms with Gasteiger partial charge in [-0.2, -0.15) is 0 Å². The number of thiocarbonyl (C=S) groups is 1. The highest BCUT2D eigenvalue weighted by atomic mass is 35.5. The fourth-order valence-corrected chi connectivity index (χ4v) is 2.25. The molecule has 1 aromatic carbocycles. The van der Waals surface area contributed by atoms with Gasteiger partial charge in [-0.05, 0) is 42.5 Å². The molecule has 6 nitrogen and oxygen atoms in total. The Bertz CT molecular complexity index is 839. The highest BCUT2D eigenvalue weighted by Gasteiger charge is 2.22. The molecule has 0 saturated heterocycles. The molecule has 2 rings (SSSR count). The highest BCUT2D eigenvalue weighted by molar-refractivity contribution is 7.80. The van der Waals surface area contributed by atoms with Crippen molar-refractivity contribution in [1.29, 1.82) is 0 Å². The van der Waals surface area contributed by atoms with E-state index in [1.165, 1.54) is 12.1 Å². The minimum atomic E-state index is -1.16. The summed E-state index contributed by atoms with van der Waals surface area (Å²) < 4.78 is 5.32. The van der Waals surface area contributed by atoms with E-state index in [1.54, 1.807) is 39.0 Å². The molecule has 1 amide bonds. The van der Waals surface area contributed by atoms with E-state index in [4.69, 9.17) is 33.3 Å². The van der Waals surface area contributed by atoms with Crippen LogP contribution in [0.1, 0.15) is 31.3 Å². The molecule has 0 unspecified atom stereocenters. The molecular weight excluding hydrogens is 364 g/mol. The Hall–Kier alpha value is -2.38. The quantitative estimate of drug-likeness (QED) is 0.692. The van der Waals surface area contributed by atoms with Crippen LogP contribution in [-0.4, -0.2) is 22.1 Å². The first kappa shape index (κ1) is 19.0. The Morgan fingerprint density at radius 1 is 1.20 bits per heavy atom. The molecule has 0 radical (unpaired) electrons. The number of anilines is 1. The minimum Gasteiger partial charge on any atom is -0.475 e. The Morgan fingerprint density at radius 2 is 1.88 bits per heavy atom. The van der Waals surface area contributed by atoms with Crippen molar-refractivity contribution in [3.8, 4) is 11.3 Å². The summed E-state index contributed by atoms with van der Waals surface area (Å²) in [7, 11) is 0. The Labute approximate surface area is 155 Å². The van der Waals surface area contributed by atoms with Gasteiger partial charge in [-0.25, -0.2) is 4.79 Å². The summed E-state index contributed by atoms with van der Waals surface area (Å²) >= 11 is 11.2. The van der Waals surface area contributed by atoms with Gasteiger partial charge in [0.05, 0.1) is 5.69 Å². The highest BCUT2D eigenvalue weighted by Crippen LogP contribution is 2.32. The smallest absolute Gasteiger partial charge is 0.371 e. The second kappa shape index (κ2) is 7.25. The summed E-state index contributed by atoms with van der Waals surface area (Å²) in [6, 6.07) is 7.81. The molecule has 25 heavy (non-hydrogen) atoms. The number of furan rings is 1. The summed E-state index contributed by atoms with van der Waals surface area (Å²) in [6.45, 7) is 5.31. The van der Waals surface area contributed by atoms with E-state index in [0.717, 1.165) is 0 Å². The third-order valence-corrected chi connectivity index (χ3v) is 3.66. The lowest BCUT2D eigenvalue weighted by molar-refractivity contribution is -0.126. The van der Waals surface area contributed by atoms with Crippen molar-refractivity contribution in [2.45, 2.75) is 20.8 Å². The average molecular weight is 381 g/mol. The molecule has 1 heterocycles. The lowest BCUT2D eigenvalue weighted by Crippen LogP contribution is -2.41. The zero-order chi connectivity index (χ0) is 18.8. The van der Waals surface area contributed by atoms with Crippen LogP contribution in [0.5, 0.6) is 0 Å². The van der Waals surface area contributed by atoms with E-state index in [2.05, 4.69) is 10.6 Å². The van der Waals surface area contributed by atoms with Gasteiger partial charge in [-0.1, -0.05) is 32.4 Å². The van der Waals surface area contributed by atoms with Gasteiger partial charge in [0.2, 0.25) is 11.7 Å². The normalized spacial score (nSPS) is 11.0. The maximum absolute atomic E-state index is 12.0. The monoisotopic (exact) mass is 380 g/mol. The second-order valence-corrected chi connectivity index (χ2v) is 7.16. The first-order chi connectivity index (χ1) is 11.6. The third kappa shape index (κ3) is 4.80. The van der Waals surface area contributed by atoms with Crippen LogP contribution in [0.3, 0.4) is 0 Å². The van der Waals surface area contributed by atoms with Crippen molar-refractivity contribution in [3.05, 3.63) is 41.1 Å². The summed E-state index contributed by atoms with van der Waals surface area (Å²) in [5, 5.41) is 15.0. The first-order valence-corrected chi connectivity index (χ1v) is 8.12. The van der Waals surface area contributed by atoms with Gasteiger partial charge in [0.1, 0.15) is 5.76 Å². The molecule has 132 valence electrons. The lowest BCUT2D eigenvalue weighted by atomic mass is 9.96. The minimum absolute atomic E-state index is 0.105. The van der Waals surface area contributed by atoms with Crippen LogP contribution in [0.15, 0.2) is 34.7 Å². The van der Waals surface area contributed by atoms with Crippen molar-refractivity contribution in [1.82, 2.24) is 5.32 Å². The summed E-state index contributed by atoms with van der Waals surface area (Å²) in [5.41, 5.74) is 0.447. The third-order valence-electron chi connectivity index (χ3n) is 3.22. The number of hydrogen-bond donors (Lipinski definition) is 3. The van der Waals surface area contributed by atoms with Crippen molar-refractivity contribution in [3.63, 3.8) is 0 Å². The van der Waals surface area contributed by atoms with Gasteiger partial charge in [0.15, 0.2) is 5.11 Å². The molecule has 0 fully saturated rings. The molecule has 0 atom stereocenters. The number of rotatable bonds is 3. The first-order valence-electron chi connectivity index (χ1n) is 7.33. The predicted octanol–water partition coefficient (Wildman–Crippen LogP) is 4.16. The molecular formula is C17H17ClN2O4S. The van der Waals surface area contributed by atoms with Crippen LogP contribution >= 0.6 is 23.8 Å². The summed E-state index contributed by atoms with van der Waals surface area (Å²) in [5.74, 6) is -1.25. The molecule has 2 aromatic rings. The number of carbonyl (C=O) groups excluding carboxylic acids is 1. The standard InChI is InChI=1S/C17H17ClN2O4S/c1-17(2,3)15(23)20-16(25)19-11-8-9(18)4-5-10(11)12-6-7-13(24-12)14(21)22/h4-8H,1-3H3,(H,21,22)(H2,19,20,23,25). The number of hydrogen-bond acceptors (Lipinski definition) is 4. The molecule has 0 saturated carbocycles. The zero-order valence-corrected chi connectivity index (χ0v) is 15.4. The number of aromatic carboxylic acids is 1. The molecule has 1 aromatic heterocycles. The molecule has 0 bridgehead atoms. The van der Waals surface area contributed by atoms with Gasteiger partial charge in [-0.3, -0.25) is 4.79 Å². The van der Waals surface area contributed by atoms with Crippen LogP contribution in [0.25, 0.3) is 11.3 Å².